The molecule has 21 nitrogen and oxygen atoms in total. The fourth-order valence-corrected chi connectivity index (χ4v) is 7.98. The summed E-state index contributed by atoms with van der Waals surface area (Å²) < 4.78 is 68.8. The van der Waals surface area contributed by atoms with Gasteiger partial charge in [0.15, 0.2) is 0 Å². The molecule has 1 unspecified atom stereocenters. The van der Waals surface area contributed by atoms with Gasteiger partial charge in [-0.3, -0.25) is 14.5 Å². The Kier molecular flexibility index (Phi) is 22.3. The molecule has 0 aliphatic heterocycles. The van der Waals surface area contributed by atoms with Crippen molar-refractivity contribution in [3.05, 3.63) is 178 Å². The monoisotopic (exact) mass is 1110 g/mol. The number of azo groups is 1. The van der Waals surface area contributed by atoms with E-state index in [-0.39, 0.29) is 51.4 Å². The number of aliphatic hydroxyl groups excluding tert-OH is 1. The van der Waals surface area contributed by atoms with Crippen LogP contribution >= 0.6 is 11.6 Å². The van der Waals surface area contributed by atoms with E-state index in [4.69, 9.17) is 32.1 Å². The van der Waals surface area contributed by atoms with Crippen LogP contribution in [0.3, 0.4) is 0 Å². The topological polar surface area (TPSA) is 317 Å². The van der Waals surface area contributed by atoms with Gasteiger partial charge in [0.05, 0.1) is 40.2 Å². The molecule has 4 heterocycles. The minimum absolute atomic E-state index is 0.0231. The number of phenols is 1. The van der Waals surface area contributed by atoms with Crippen molar-refractivity contribution in [3.8, 4) is 5.75 Å². The van der Waals surface area contributed by atoms with E-state index in [9.17, 15) is 41.1 Å². The number of nitrogen functional groups attached to an aromatic ring is 1. The molecule has 0 aliphatic carbocycles. The summed E-state index contributed by atoms with van der Waals surface area (Å²) in [4.78, 5) is 49.2. The number of nitrogens with two attached hydrogens (primary N) is 1. The molecular weight excluding hydrogens is 1060 g/mol. The maximum Gasteiger partial charge on any atom is 0.416 e. The molecule has 26 heteroatoms. The number of aromatic amines is 1. The number of H-pyrrole nitrogens is 1. The number of aromatic carboxylic acids is 1. The summed E-state index contributed by atoms with van der Waals surface area (Å²) in [5, 5.41) is 46.6. The summed E-state index contributed by atoms with van der Waals surface area (Å²) >= 11 is 6.03. The molecule has 4 aromatic carbocycles. The van der Waals surface area contributed by atoms with Crippen molar-refractivity contribution in [1.29, 1.82) is 0 Å². The molecular formula is C52H54ClF3N12O9S. The zero-order chi connectivity index (χ0) is 56.8. The average Bonchev–Trinajstić information content (AvgIpc) is 3.85. The number of nitrogens with zero attached hydrogens (tertiary/aromatic N) is 7. The number of pyridine rings is 2. The zero-order valence-electron chi connectivity index (χ0n) is 42.0. The minimum atomic E-state index is -4.40. The number of anilines is 4. The number of carboxylic acid groups (broad SMARTS) is 1. The predicted molar refractivity (Wildman–Crippen MR) is 289 cm³/mol. The first-order chi connectivity index (χ1) is 37.1. The van der Waals surface area contributed by atoms with Crippen molar-refractivity contribution in [2.24, 2.45) is 10.2 Å². The van der Waals surface area contributed by atoms with Crippen LogP contribution in [0, 0.1) is 6.92 Å². The van der Waals surface area contributed by atoms with E-state index >= 15 is 0 Å². The van der Waals surface area contributed by atoms with Gasteiger partial charge in [0.2, 0.25) is 0 Å². The van der Waals surface area contributed by atoms with Gasteiger partial charge >= 0.3 is 17.8 Å². The molecule has 0 bridgehead atoms. The molecule has 0 saturated carbocycles. The Bertz CT molecular complexity index is 3430. The Morgan fingerprint density at radius 1 is 0.910 bits per heavy atom. The maximum atomic E-state index is 12.4. The molecule has 0 aliphatic rings. The Balaban J connectivity index is 0.000000204. The summed E-state index contributed by atoms with van der Waals surface area (Å²) in [6, 6.07) is 28.1. The van der Waals surface area contributed by atoms with Gasteiger partial charge in [-0.15, -0.1) is 0 Å². The molecule has 4 aromatic heterocycles. The highest BCUT2D eigenvalue weighted by Gasteiger charge is 2.30. The standard InChI is InChI=1S/C18H26ClN3O.C18H14N4O5S.C12H9F3N2O2.C4H5N3O/c1-3-22(11-12-23)10-4-5-14(2)21-17-8-9-20-18-13-15(19)6-7-16(17)18;23-16-9-6-13(11-15(16)18(24)25)21-20-12-4-7-14(8-5-12)28(26,27)22-17-3-1-2-10-19-17;1-7-10(6-16-19-7)11(18)17-9-4-2-8(3-5-9)12(13,14)15;5-3-1-2-6-4(8)7-3/h6-9,13-14,23H,3-5,10-12H2,1-2H3,(H,20,21);1-11,23H,(H,19,22)(H,24,25);2-6H,1H3,(H,17,18);1-2H,(H3,5,6,7,8)/b;21-20+;;. The number of fused-ring (bicyclic) bond motifs is 1. The summed E-state index contributed by atoms with van der Waals surface area (Å²) in [7, 11) is -3.79. The van der Waals surface area contributed by atoms with Crippen LogP contribution in [0.2, 0.25) is 5.02 Å². The number of nitrogens with one attached hydrogen (secondary N) is 4. The summed E-state index contributed by atoms with van der Waals surface area (Å²) in [6.45, 7) is 8.89. The van der Waals surface area contributed by atoms with Crippen molar-refractivity contribution in [1.82, 2.24) is 30.0 Å². The number of hydrogen-bond donors (Lipinski definition) is 8. The Hall–Kier alpha value is -8.78. The quantitative estimate of drug-likeness (QED) is 0.0393. The fourth-order valence-electron chi connectivity index (χ4n) is 6.80. The zero-order valence-corrected chi connectivity index (χ0v) is 43.6. The molecule has 78 heavy (non-hydrogen) atoms. The SMILES string of the molecule is CCN(CCO)CCCC(C)Nc1ccnc2cc(Cl)ccc12.Cc1oncc1C(=O)Nc1ccc(C(F)(F)F)cc1.Nc1cc[nH]c(=O)n1.O=C(O)c1cc(/N=N/c2ccc(S(=O)(=O)Nc3ccccn3)cc2)ccc1O. The number of aromatic nitrogens is 5. The normalized spacial score (nSPS) is 11.6. The molecule has 8 rings (SSSR count). The third-order valence-electron chi connectivity index (χ3n) is 10.8. The first-order valence-electron chi connectivity index (χ1n) is 23.5. The minimum Gasteiger partial charge on any atom is -0.507 e. The van der Waals surface area contributed by atoms with E-state index in [0.717, 1.165) is 61.2 Å². The molecule has 0 saturated heterocycles. The number of hydrogen-bond acceptors (Lipinski definition) is 17. The van der Waals surface area contributed by atoms with Gasteiger partial charge in [0.1, 0.15) is 34.3 Å². The summed E-state index contributed by atoms with van der Waals surface area (Å²) in [6.07, 6.45) is 3.78. The fraction of sp³-hybridized carbons (Fsp3) is 0.212. The number of rotatable bonds is 17. The highest BCUT2D eigenvalue weighted by Crippen LogP contribution is 2.31. The number of aryl methyl sites for hydroxylation is 1. The van der Waals surface area contributed by atoms with Gasteiger partial charge in [-0.25, -0.2) is 23.0 Å². The third kappa shape index (κ3) is 19.1. The van der Waals surface area contributed by atoms with Crippen LogP contribution < -0.4 is 26.8 Å². The van der Waals surface area contributed by atoms with Crippen molar-refractivity contribution in [2.75, 3.05) is 47.3 Å². The average molecular weight is 1120 g/mol. The lowest BCUT2D eigenvalue weighted by atomic mass is 10.1. The molecule has 1 amide bonds. The largest absolute Gasteiger partial charge is 0.507 e. The van der Waals surface area contributed by atoms with E-state index in [1.807, 2.05) is 30.5 Å². The number of halogens is 4. The second kappa shape index (κ2) is 28.9. The highest BCUT2D eigenvalue weighted by atomic mass is 35.5. The van der Waals surface area contributed by atoms with E-state index < -0.39 is 39.3 Å². The number of carboxylic acids is 1. The number of sulfonamides is 1. The Morgan fingerprint density at radius 2 is 1.63 bits per heavy atom. The van der Waals surface area contributed by atoms with Gasteiger partial charge in [-0.2, -0.15) is 28.4 Å². The van der Waals surface area contributed by atoms with Crippen LogP contribution in [0.1, 0.15) is 58.7 Å². The third-order valence-corrected chi connectivity index (χ3v) is 12.4. The molecule has 8 aromatic rings. The molecule has 1 atom stereocenters. The first kappa shape index (κ1) is 60.1. The van der Waals surface area contributed by atoms with E-state index in [1.165, 1.54) is 85.3 Å². The van der Waals surface area contributed by atoms with Crippen molar-refractivity contribution in [3.63, 3.8) is 0 Å². The number of aliphatic hydroxyl groups is 1. The lowest BCUT2D eigenvalue weighted by molar-refractivity contribution is -0.137. The Labute approximate surface area is 450 Å². The van der Waals surface area contributed by atoms with Crippen LogP contribution in [0.4, 0.5) is 47.6 Å². The van der Waals surface area contributed by atoms with E-state index in [1.54, 1.807) is 19.1 Å². The van der Waals surface area contributed by atoms with E-state index in [2.05, 4.69) is 69.4 Å². The first-order valence-corrected chi connectivity index (χ1v) is 25.4. The number of likely N-dealkylation sites (N-methyl/N-ethyl adjacent to an activating group) is 1. The molecule has 0 spiro atoms. The lowest BCUT2D eigenvalue weighted by Gasteiger charge is -2.21. The number of alkyl halides is 3. The van der Waals surface area contributed by atoms with Gasteiger partial charge in [0, 0.05) is 53.0 Å². The number of carbonyl (C=O) groups is 2. The second-order valence-electron chi connectivity index (χ2n) is 16.5. The van der Waals surface area contributed by atoms with Gasteiger partial charge in [-0.05, 0) is 149 Å². The summed E-state index contributed by atoms with van der Waals surface area (Å²) in [5.74, 6) is -1.37. The van der Waals surface area contributed by atoms with Crippen molar-refractivity contribution >= 4 is 78.8 Å². The van der Waals surface area contributed by atoms with Gasteiger partial charge in [0.25, 0.3) is 15.9 Å². The lowest BCUT2D eigenvalue weighted by Crippen LogP contribution is -2.28. The Morgan fingerprint density at radius 3 is 2.23 bits per heavy atom. The summed E-state index contributed by atoms with van der Waals surface area (Å²) in [5.41, 5.74) is 6.75. The number of aromatic hydroxyl groups is 1. The second-order valence-corrected chi connectivity index (χ2v) is 18.6. The van der Waals surface area contributed by atoms with Gasteiger partial charge < -0.3 is 46.1 Å². The number of carbonyl (C=O) groups excluding carboxylic acids is 1. The number of amides is 1. The van der Waals surface area contributed by atoms with Crippen LogP contribution in [-0.4, -0.2) is 97.9 Å². The van der Waals surface area contributed by atoms with E-state index in [0.29, 0.717) is 22.5 Å². The number of benzene rings is 4. The molecule has 410 valence electrons. The maximum absolute atomic E-state index is 12.4. The van der Waals surface area contributed by atoms with Crippen LogP contribution in [0.5, 0.6) is 5.75 Å². The van der Waals surface area contributed by atoms with Crippen molar-refractivity contribution in [2.45, 2.75) is 50.7 Å². The van der Waals surface area contributed by atoms with Crippen LogP contribution in [-0.2, 0) is 16.2 Å². The highest BCUT2D eigenvalue weighted by molar-refractivity contribution is 7.92. The molecule has 0 fully saturated rings. The molecule has 0 radical (unpaired) electrons. The predicted octanol–water partition coefficient (Wildman–Crippen LogP) is 10.1. The van der Waals surface area contributed by atoms with Gasteiger partial charge in [-0.1, -0.05) is 29.7 Å². The van der Waals surface area contributed by atoms with Crippen LogP contribution in [0.15, 0.2) is 164 Å². The van der Waals surface area contributed by atoms with Crippen LogP contribution in [0.25, 0.3) is 10.9 Å². The molecule has 9 N–H and O–H groups in total. The smallest absolute Gasteiger partial charge is 0.416 e. The van der Waals surface area contributed by atoms with Crippen molar-refractivity contribution < 1.29 is 51.0 Å².